The summed E-state index contributed by atoms with van der Waals surface area (Å²) in [5.41, 5.74) is 3.79. The van der Waals surface area contributed by atoms with Crippen LogP contribution in [0.2, 0.25) is 0 Å². The summed E-state index contributed by atoms with van der Waals surface area (Å²) in [7, 11) is 0. The molecule has 0 spiro atoms. The van der Waals surface area contributed by atoms with Crippen LogP contribution >= 0.6 is 11.3 Å². The van der Waals surface area contributed by atoms with Crippen molar-refractivity contribution in [1.82, 2.24) is 15.1 Å². The average Bonchev–Trinajstić information content (AvgIpc) is 2.94. The molecule has 0 unspecified atom stereocenters. The van der Waals surface area contributed by atoms with Crippen molar-refractivity contribution in [3.63, 3.8) is 0 Å². The molecule has 0 saturated carbocycles. The van der Waals surface area contributed by atoms with Crippen LogP contribution in [0.25, 0.3) is 0 Å². The Morgan fingerprint density at radius 1 is 1.37 bits per heavy atom. The predicted molar refractivity (Wildman–Crippen MR) is 81.7 cm³/mol. The summed E-state index contributed by atoms with van der Waals surface area (Å²) in [6, 6.07) is 4.81. The molecule has 0 saturated heterocycles. The minimum absolute atomic E-state index is 0.508. The largest absolute Gasteiger partial charge is 0.310 e. The van der Waals surface area contributed by atoms with E-state index in [1.165, 1.54) is 16.1 Å². The van der Waals surface area contributed by atoms with Crippen LogP contribution in [-0.2, 0) is 19.5 Å². The van der Waals surface area contributed by atoms with Gasteiger partial charge >= 0.3 is 0 Å². The molecular weight excluding hydrogens is 254 g/mol. The Bertz CT molecular complexity index is 512. The molecule has 0 radical (unpaired) electrons. The summed E-state index contributed by atoms with van der Waals surface area (Å²) in [6.07, 6.45) is 1.07. The van der Waals surface area contributed by atoms with Crippen LogP contribution in [-0.4, -0.2) is 15.8 Å². The molecule has 2 rings (SSSR count). The first-order chi connectivity index (χ1) is 9.08. The fourth-order valence-electron chi connectivity index (χ4n) is 2.18. The van der Waals surface area contributed by atoms with Gasteiger partial charge in [-0.1, -0.05) is 19.9 Å². The summed E-state index contributed by atoms with van der Waals surface area (Å²) in [6.45, 7) is 10.5. The number of nitrogens with zero attached hydrogens (tertiary/aromatic N) is 2. The fraction of sp³-hybridized carbons (Fsp3) is 0.533. The summed E-state index contributed by atoms with van der Waals surface area (Å²) < 4.78 is 2.15. The molecule has 0 amide bonds. The predicted octanol–water partition coefficient (Wildman–Crippen LogP) is 3.30. The van der Waals surface area contributed by atoms with Gasteiger partial charge in [-0.05, 0) is 25.3 Å². The van der Waals surface area contributed by atoms with E-state index in [9.17, 15) is 0 Å². The third-order valence-electron chi connectivity index (χ3n) is 3.37. The SMILES string of the molecule is Cc1nn(CCc2cccs2)c(C)c1CNC(C)C. The molecule has 0 aliphatic carbocycles. The van der Waals surface area contributed by atoms with E-state index in [2.05, 4.69) is 60.3 Å². The van der Waals surface area contributed by atoms with Gasteiger partial charge in [-0.15, -0.1) is 11.3 Å². The second-order valence-electron chi connectivity index (χ2n) is 5.24. The molecule has 2 aromatic heterocycles. The number of hydrogen-bond acceptors (Lipinski definition) is 3. The van der Waals surface area contributed by atoms with Crippen molar-refractivity contribution in [1.29, 1.82) is 0 Å². The van der Waals surface area contributed by atoms with E-state index in [4.69, 9.17) is 0 Å². The van der Waals surface area contributed by atoms with Crippen LogP contribution < -0.4 is 5.32 Å². The van der Waals surface area contributed by atoms with Gasteiger partial charge in [0.05, 0.1) is 5.69 Å². The Morgan fingerprint density at radius 2 is 2.16 bits per heavy atom. The zero-order valence-corrected chi connectivity index (χ0v) is 13.0. The van der Waals surface area contributed by atoms with Crippen LogP contribution in [0, 0.1) is 13.8 Å². The van der Waals surface area contributed by atoms with Crippen LogP contribution in [0.5, 0.6) is 0 Å². The Balaban J connectivity index is 2.03. The van der Waals surface area contributed by atoms with Crippen molar-refractivity contribution < 1.29 is 0 Å². The summed E-state index contributed by atoms with van der Waals surface area (Å²) >= 11 is 1.82. The molecule has 2 heterocycles. The first-order valence-corrected chi connectivity index (χ1v) is 7.74. The highest BCUT2D eigenvalue weighted by Gasteiger charge is 2.11. The Labute approximate surface area is 119 Å². The quantitative estimate of drug-likeness (QED) is 0.878. The molecule has 0 bridgehead atoms. The maximum absolute atomic E-state index is 4.67. The van der Waals surface area contributed by atoms with Gasteiger partial charge in [-0.2, -0.15) is 5.10 Å². The Hall–Kier alpha value is -1.13. The van der Waals surface area contributed by atoms with E-state index < -0.39 is 0 Å². The monoisotopic (exact) mass is 277 g/mol. The molecule has 0 aromatic carbocycles. The Morgan fingerprint density at radius 3 is 2.79 bits per heavy atom. The molecular formula is C15H23N3S. The fourth-order valence-corrected chi connectivity index (χ4v) is 2.88. The molecule has 0 fully saturated rings. The lowest BCUT2D eigenvalue weighted by Gasteiger charge is -2.09. The van der Waals surface area contributed by atoms with E-state index in [0.29, 0.717) is 6.04 Å². The number of aryl methyl sites for hydroxylation is 3. The van der Waals surface area contributed by atoms with Crippen LogP contribution in [0.4, 0.5) is 0 Å². The lowest BCUT2D eigenvalue weighted by Crippen LogP contribution is -2.22. The minimum atomic E-state index is 0.508. The van der Waals surface area contributed by atoms with Crippen LogP contribution in [0.1, 0.15) is 35.7 Å². The lowest BCUT2D eigenvalue weighted by molar-refractivity contribution is 0.579. The zero-order chi connectivity index (χ0) is 13.8. The lowest BCUT2D eigenvalue weighted by atomic mass is 10.2. The van der Waals surface area contributed by atoms with Gasteiger partial charge in [0.1, 0.15) is 0 Å². The smallest absolute Gasteiger partial charge is 0.0641 e. The molecule has 19 heavy (non-hydrogen) atoms. The molecule has 104 valence electrons. The number of rotatable bonds is 6. The first kappa shape index (κ1) is 14.3. The van der Waals surface area contributed by atoms with Crippen LogP contribution in [0.15, 0.2) is 17.5 Å². The van der Waals surface area contributed by atoms with E-state index in [1.54, 1.807) is 0 Å². The molecule has 0 aliphatic rings. The maximum atomic E-state index is 4.67. The summed E-state index contributed by atoms with van der Waals surface area (Å²) in [4.78, 5) is 1.43. The van der Waals surface area contributed by atoms with Gasteiger partial charge in [0.15, 0.2) is 0 Å². The van der Waals surface area contributed by atoms with E-state index in [-0.39, 0.29) is 0 Å². The van der Waals surface area contributed by atoms with Gasteiger partial charge in [-0.3, -0.25) is 4.68 Å². The van der Waals surface area contributed by atoms with Crippen molar-refractivity contribution in [3.05, 3.63) is 39.3 Å². The number of thiophene rings is 1. The van der Waals surface area contributed by atoms with E-state index in [0.717, 1.165) is 25.2 Å². The van der Waals surface area contributed by atoms with E-state index >= 15 is 0 Å². The average molecular weight is 277 g/mol. The van der Waals surface area contributed by atoms with Crippen LogP contribution in [0.3, 0.4) is 0 Å². The summed E-state index contributed by atoms with van der Waals surface area (Å²) in [5.74, 6) is 0. The molecule has 4 heteroatoms. The third kappa shape index (κ3) is 3.67. The van der Waals surface area contributed by atoms with Gasteiger partial charge in [-0.25, -0.2) is 0 Å². The highest BCUT2D eigenvalue weighted by atomic mass is 32.1. The molecule has 1 N–H and O–H groups in total. The van der Waals surface area contributed by atoms with E-state index in [1.807, 2.05) is 11.3 Å². The number of nitrogens with one attached hydrogen (secondary N) is 1. The normalized spacial score (nSPS) is 11.4. The highest BCUT2D eigenvalue weighted by Crippen LogP contribution is 2.15. The minimum Gasteiger partial charge on any atom is -0.310 e. The van der Waals surface area contributed by atoms with Crippen molar-refractivity contribution >= 4 is 11.3 Å². The van der Waals surface area contributed by atoms with Crippen molar-refractivity contribution in [3.8, 4) is 0 Å². The van der Waals surface area contributed by atoms with Gasteiger partial charge in [0, 0.05) is 41.7 Å². The number of hydrogen-bond donors (Lipinski definition) is 1. The molecule has 0 aliphatic heterocycles. The maximum Gasteiger partial charge on any atom is 0.0641 e. The topological polar surface area (TPSA) is 29.9 Å². The third-order valence-corrected chi connectivity index (χ3v) is 4.30. The van der Waals surface area contributed by atoms with Gasteiger partial charge < -0.3 is 5.32 Å². The summed E-state index contributed by atoms with van der Waals surface area (Å²) in [5, 5.41) is 10.3. The standard InChI is InChI=1S/C15H23N3S/c1-11(2)16-10-15-12(3)17-18(13(15)4)8-7-14-6-5-9-19-14/h5-6,9,11,16H,7-8,10H2,1-4H3. The van der Waals surface area contributed by atoms with Crippen molar-refractivity contribution in [2.45, 2.75) is 53.2 Å². The second-order valence-corrected chi connectivity index (χ2v) is 6.27. The van der Waals surface area contributed by atoms with Gasteiger partial charge in [0.2, 0.25) is 0 Å². The molecule has 2 aromatic rings. The highest BCUT2D eigenvalue weighted by molar-refractivity contribution is 7.09. The van der Waals surface area contributed by atoms with Crippen molar-refractivity contribution in [2.75, 3.05) is 0 Å². The first-order valence-electron chi connectivity index (χ1n) is 6.86. The second kappa shape index (κ2) is 6.35. The molecule has 0 atom stereocenters. The Kier molecular flexibility index (Phi) is 4.77. The zero-order valence-electron chi connectivity index (χ0n) is 12.2. The van der Waals surface area contributed by atoms with Crippen molar-refractivity contribution in [2.24, 2.45) is 0 Å². The number of aromatic nitrogens is 2. The molecule has 3 nitrogen and oxygen atoms in total. The van der Waals surface area contributed by atoms with Gasteiger partial charge in [0.25, 0.3) is 0 Å².